The lowest BCUT2D eigenvalue weighted by Gasteiger charge is -2.21. The van der Waals surface area contributed by atoms with Crippen molar-refractivity contribution in [3.05, 3.63) is 29.3 Å². The zero-order valence-electron chi connectivity index (χ0n) is 12.0. The summed E-state index contributed by atoms with van der Waals surface area (Å²) < 4.78 is 80.7. The van der Waals surface area contributed by atoms with Gasteiger partial charge in [-0.25, -0.2) is 0 Å². The Balaban J connectivity index is 3.28. The molecule has 8 heteroatoms. The van der Waals surface area contributed by atoms with Crippen molar-refractivity contribution in [3.8, 4) is 5.75 Å². The number of halogens is 6. The Hall–Kier alpha value is -1.73. The molecule has 0 aliphatic carbocycles. The highest BCUT2D eigenvalue weighted by Crippen LogP contribution is 2.38. The first-order valence-corrected chi connectivity index (χ1v) is 6.29. The summed E-state index contributed by atoms with van der Waals surface area (Å²) in [5.41, 5.74) is -4.08. The Labute approximate surface area is 123 Å². The van der Waals surface area contributed by atoms with E-state index in [-0.39, 0.29) is 6.07 Å². The number of carbonyl (C=O) groups excluding carboxylic acids is 1. The maximum absolute atomic E-state index is 12.7. The van der Waals surface area contributed by atoms with Gasteiger partial charge in [0.25, 0.3) is 0 Å². The number of esters is 1. The molecule has 1 aromatic rings. The van der Waals surface area contributed by atoms with Gasteiger partial charge in [-0.3, -0.25) is 4.79 Å². The molecule has 0 spiro atoms. The summed E-state index contributed by atoms with van der Waals surface area (Å²) in [7, 11) is 0. The number of carbonyl (C=O) groups is 1. The quantitative estimate of drug-likeness (QED) is 0.440. The van der Waals surface area contributed by atoms with E-state index in [2.05, 4.69) is 0 Å². The first kappa shape index (κ1) is 18.3. The molecule has 0 fully saturated rings. The topological polar surface area (TPSA) is 26.3 Å². The number of ether oxygens (including phenoxy) is 1. The van der Waals surface area contributed by atoms with Gasteiger partial charge in [0.05, 0.1) is 16.5 Å². The van der Waals surface area contributed by atoms with Gasteiger partial charge in [0, 0.05) is 0 Å². The van der Waals surface area contributed by atoms with Gasteiger partial charge >= 0.3 is 18.3 Å². The number of hydrogen-bond acceptors (Lipinski definition) is 2. The first-order chi connectivity index (χ1) is 9.77. The second-order valence-electron chi connectivity index (χ2n) is 5.37. The zero-order chi connectivity index (χ0) is 17.3. The second-order valence-corrected chi connectivity index (χ2v) is 5.37. The Morgan fingerprint density at radius 1 is 0.955 bits per heavy atom. The van der Waals surface area contributed by atoms with Crippen molar-refractivity contribution in [1.29, 1.82) is 0 Å². The summed E-state index contributed by atoms with van der Waals surface area (Å²) in [4.78, 5) is 11.8. The van der Waals surface area contributed by atoms with Gasteiger partial charge in [0.1, 0.15) is 5.75 Å². The lowest BCUT2D eigenvalue weighted by atomic mass is 9.91. The van der Waals surface area contributed by atoms with Crippen molar-refractivity contribution in [3.63, 3.8) is 0 Å². The van der Waals surface area contributed by atoms with E-state index in [1.54, 1.807) is 6.92 Å². The number of alkyl halides is 6. The average molecular weight is 328 g/mol. The molecule has 1 aromatic carbocycles. The van der Waals surface area contributed by atoms with Crippen LogP contribution in [0.15, 0.2) is 18.2 Å². The van der Waals surface area contributed by atoms with E-state index in [0.717, 1.165) is 0 Å². The third kappa shape index (κ3) is 4.38. The molecule has 0 saturated carbocycles. The highest BCUT2D eigenvalue weighted by atomic mass is 19.4. The van der Waals surface area contributed by atoms with Gasteiger partial charge in [-0.1, -0.05) is 6.92 Å². The van der Waals surface area contributed by atoms with Crippen LogP contribution in [0.5, 0.6) is 5.75 Å². The van der Waals surface area contributed by atoms with Crippen LogP contribution < -0.4 is 4.74 Å². The Morgan fingerprint density at radius 3 is 1.68 bits per heavy atom. The Morgan fingerprint density at radius 2 is 1.36 bits per heavy atom. The van der Waals surface area contributed by atoms with Crippen molar-refractivity contribution >= 4 is 5.97 Å². The molecule has 0 atom stereocenters. The molecule has 0 radical (unpaired) electrons. The molecule has 0 saturated heterocycles. The van der Waals surface area contributed by atoms with Crippen molar-refractivity contribution in [2.75, 3.05) is 0 Å². The average Bonchev–Trinajstić information content (AvgIpc) is 2.36. The molecular weight excluding hydrogens is 314 g/mol. The second kappa shape index (κ2) is 5.81. The maximum Gasteiger partial charge on any atom is 0.416 e. The number of benzene rings is 1. The fourth-order valence-corrected chi connectivity index (χ4v) is 1.37. The fourth-order valence-electron chi connectivity index (χ4n) is 1.37. The lowest BCUT2D eigenvalue weighted by molar-refractivity contribution is -0.147. The predicted octanol–water partition coefficient (Wildman–Crippen LogP) is 5.07. The minimum absolute atomic E-state index is 0.0255. The molecule has 0 unspecified atom stereocenters. The van der Waals surface area contributed by atoms with Crippen LogP contribution >= 0.6 is 0 Å². The van der Waals surface area contributed by atoms with Crippen molar-refractivity contribution < 1.29 is 35.9 Å². The van der Waals surface area contributed by atoms with Crippen LogP contribution in [0, 0.1) is 5.41 Å². The van der Waals surface area contributed by atoms with Gasteiger partial charge in [-0.05, 0) is 38.5 Å². The maximum atomic E-state index is 12.7. The molecule has 1 rings (SSSR count). The third-order valence-corrected chi connectivity index (χ3v) is 3.21. The summed E-state index contributed by atoms with van der Waals surface area (Å²) in [5, 5.41) is 0. The zero-order valence-corrected chi connectivity index (χ0v) is 12.0. The highest BCUT2D eigenvalue weighted by Gasteiger charge is 2.38. The van der Waals surface area contributed by atoms with Crippen molar-refractivity contribution in [2.24, 2.45) is 5.41 Å². The standard InChI is InChI=1S/C14H14F6O2/c1-4-12(2,3)11(21)22-10-6-8(13(15,16)17)5-9(7-10)14(18,19)20/h5-7H,4H2,1-3H3. The molecule has 0 aliphatic heterocycles. The molecule has 0 N–H and O–H groups in total. The number of rotatable bonds is 3. The summed E-state index contributed by atoms with van der Waals surface area (Å²) in [6.07, 6.45) is -9.65. The van der Waals surface area contributed by atoms with E-state index < -0.39 is 40.6 Å². The van der Waals surface area contributed by atoms with Crippen molar-refractivity contribution in [2.45, 2.75) is 39.5 Å². The SMILES string of the molecule is CCC(C)(C)C(=O)Oc1cc(C(F)(F)F)cc(C(F)(F)F)c1. The lowest BCUT2D eigenvalue weighted by Crippen LogP contribution is -2.28. The van der Waals surface area contributed by atoms with Crippen LogP contribution in [0.1, 0.15) is 38.3 Å². The van der Waals surface area contributed by atoms with Gasteiger partial charge < -0.3 is 4.74 Å². The fraction of sp³-hybridized carbons (Fsp3) is 0.500. The van der Waals surface area contributed by atoms with E-state index >= 15 is 0 Å². The van der Waals surface area contributed by atoms with Crippen LogP contribution in [0.25, 0.3) is 0 Å². The number of hydrogen-bond donors (Lipinski definition) is 0. The Bertz CT molecular complexity index is 525. The molecule has 0 bridgehead atoms. The minimum atomic E-state index is -4.98. The van der Waals surface area contributed by atoms with Crippen LogP contribution in [0.3, 0.4) is 0 Å². The Kier molecular flexibility index (Phi) is 4.84. The van der Waals surface area contributed by atoms with E-state index in [0.29, 0.717) is 18.6 Å². The largest absolute Gasteiger partial charge is 0.426 e. The normalized spacial score (nSPS) is 13.1. The van der Waals surface area contributed by atoms with E-state index in [4.69, 9.17) is 4.74 Å². The summed E-state index contributed by atoms with van der Waals surface area (Å²) in [5.74, 6) is -1.68. The van der Waals surface area contributed by atoms with Gasteiger partial charge in [-0.15, -0.1) is 0 Å². The summed E-state index contributed by atoms with van der Waals surface area (Å²) in [6, 6.07) is 0.722. The van der Waals surface area contributed by atoms with Gasteiger partial charge in [0.2, 0.25) is 0 Å². The van der Waals surface area contributed by atoms with E-state index in [1.165, 1.54) is 13.8 Å². The third-order valence-electron chi connectivity index (χ3n) is 3.21. The van der Waals surface area contributed by atoms with Gasteiger partial charge in [-0.2, -0.15) is 26.3 Å². The summed E-state index contributed by atoms with van der Waals surface area (Å²) in [6.45, 7) is 4.61. The molecule has 124 valence electrons. The van der Waals surface area contributed by atoms with Crippen LogP contribution in [-0.2, 0) is 17.1 Å². The minimum Gasteiger partial charge on any atom is -0.426 e. The van der Waals surface area contributed by atoms with Crippen LogP contribution in [-0.4, -0.2) is 5.97 Å². The summed E-state index contributed by atoms with van der Waals surface area (Å²) >= 11 is 0. The molecule has 2 nitrogen and oxygen atoms in total. The molecular formula is C14H14F6O2. The molecule has 0 amide bonds. The smallest absolute Gasteiger partial charge is 0.416 e. The molecule has 0 heterocycles. The van der Waals surface area contributed by atoms with Crippen molar-refractivity contribution in [1.82, 2.24) is 0 Å². The molecule has 0 aliphatic rings. The monoisotopic (exact) mass is 328 g/mol. The van der Waals surface area contributed by atoms with E-state index in [1.807, 2.05) is 0 Å². The van der Waals surface area contributed by atoms with Crippen LogP contribution in [0.4, 0.5) is 26.3 Å². The van der Waals surface area contributed by atoms with Crippen LogP contribution in [0.2, 0.25) is 0 Å². The molecule has 0 aromatic heterocycles. The highest BCUT2D eigenvalue weighted by molar-refractivity contribution is 5.78. The van der Waals surface area contributed by atoms with E-state index in [9.17, 15) is 31.1 Å². The predicted molar refractivity (Wildman–Crippen MR) is 66.2 cm³/mol. The van der Waals surface area contributed by atoms with Gasteiger partial charge in [0.15, 0.2) is 0 Å². The molecule has 22 heavy (non-hydrogen) atoms. The first-order valence-electron chi connectivity index (χ1n) is 6.29.